The molecule has 0 spiro atoms. The number of rotatable bonds is 13. The van der Waals surface area contributed by atoms with Gasteiger partial charge in [0.1, 0.15) is 18.1 Å². The molecular weight excluding hydrogens is 470 g/mol. The van der Waals surface area contributed by atoms with Crippen LogP contribution in [0.5, 0.6) is 0 Å². The maximum Gasteiger partial charge on any atom is 0.326 e. The second-order valence-corrected chi connectivity index (χ2v) is 8.78. The molecule has 12 heteroatoms. The lowest BCUT2D eigenvalue weighted by Gasteiger charge is -2.27. The summed E-state index contributed by atoms with van der Waals surface area (Å²) >= 11 is 0. The Hall–Kier alpha value is -3.93. The number of carbonyl (C=O) groups excluding carboxylic acids is 3. The first-order chi connectivity index (χ1) is 16.9. The second-order valence-electron chi connectivity index (χ2n) is 8.78. The van der Waals surface area contributed by atoms with Crippen LogP contribution in [0.2, 0.25) is 0 Å². The van der Waals surface area contributed by atoms with Gasteiger partial charge in [0.15, 0.2) is 0 Å². The summed E-state index contributed by atoms with van der Waals surface area (Å²) in [4.78, 5) is 64.1. The summed E-state index contributed by atoms with van der Waals surface area (Å²) in [5.41, 5.74) is 7.28. The highest BCUT2D eigenvalue weighted by Crippen LogP contribution is 2.19. The normalized spacial score (nSPS) is 15.2. The Labute approximate surface area is 208 Å². The number of para-hydroxylation sites is 1. The van der Waals surface area contributed by atoms with Crippen molar-refractivity contribution in [2.45, 2.75) is 64.2 Å². The van der Waals surface area contributed by atoms with Crippen LogP contribution in [0.25, 0.3) is 10.9 Å². The molecule has 8 N–H and O–H groups in total. The Kier molecular flexibility index (Phi) is 9.97. The summed E-state index contributed by atoms with van der Waals surface area (Å²) in [7, 11) is 0. The van der Waals surface area contributed by atoms with E-state index in [0.29, 0.717) is 6.42 Å². The molecular formula is C24H33N5O7. The Bertz CT molecular complexity index is 1110. The van der Waals surface area contributed by atoms with Crippen molar-refractivity contribution in [3.63, 3.8) is 0 Å². The zero-order valence-electron chi connectivity index (χ0n) is 20.4. The third-order valence-electron chi connectivity index (χ3n) is 5.93. The van der Waals surface area contributed by atoms with Crippen LogP contribution in [0, 0.1) is 5.92 Å². The number of carboxylic acids is 2. The number of carboxylic acid groups (broad SMARTS) is 2. The molecule has 5 atom stereocenters. The smallest absolute Gasteiger partial charge is 0.326 e. The van der Waals surface area contributed by atoms with E-state index in [1.165, 1.54) is 6.92 Å². The maximum absolute atomic E-state index is 13.3. The predicted octanol–water partition coefficient (Wildman–Crippen LogP) is 0.117. The molecule has 0 bridgehead atoms. The van der Waals surface area contributed by atoms with E-state index in [1.807, 2.05) is 24.3 Å². The molecule has 0 saturated carbocycles. The molecule has 0 radical (unpaired) electrons. The topological polar surface area (TPSA) is 204 Å². The summed E-state index contributed by atoms with van der Waals surface area (Å²) < 4.78 is 0. The van der Waals surface area contributed by atoms with Crippen molar-refractivity contribution in [2.75, 3.05) is 0 Å². The van der Waals surface area contributed by atoms with Crippen LogP contribution in [0.4, 0.5) is 0 Å². The van der Waals surface area contributed by atoms with Crippen molar-refractivity contribution in [3.8, 4) is 0 Å². The molecule has 2 rings (SSSR count). The highest BCUT2D eigenvalue weighted by Gasteiger charge is 2.33. The molecule has 36 heavy (non-hydrogen) atoms. The maximum atomic E-state index is 13.3. The molecule has 12 nitrogen and oxygen atoms in total. The zero-order chi connectivity index (χ0) is 27.0. The molecule has 0 aliphatic heterocycles. The van der Waals surface area contributed by atoms with Crippen LogP contribution in [-0.2, 0) is 30.4 Å². The SMILES string of the molecule is CCC(C)C(NC(=O)C(Cc1c[nH]c2ccccc12)NC(=O)C(C)N)C(=O)NC(CC(=O)O)C(=O)O. The Morgan fingerprint density at radius 2 is 1.58 bits per heavy atom. The van der Waals surface area contributed by atoms with Gasteiger partial charge in [-0.05, 0) is 24.5 Å². The number of H-pyrrole nitrogens is 1. The number of nitrogens with one attached hydrogen (secondary N) is 4. The van der Waals surface area contributed by atoms with E-state index in [2.05, 4.69) is 20.9 Å². The number of benzene rings is 1. The zero-order valence-corrected chi connectivity index (χ0v) is 20.4. The number of amides is 3. The standard InChI is InChI=1S/C24H33N5O7/c1-4-12(2)20(23(34)28-18(24(35)36)10-19(30)31)29-22(33)17(27-21(32)13(3)25)9-14-11-26-16-8-6-5-7-15(14)16/h5-8,11-13,17-18,20,26H,4,9-10,25H2,1-3H3,(H,27,32)(H,28,34)(H,29,33)(H,30,31)(H,35,36). The van der Waals surface area contributed by atoms with E-state index in [1.54, 1.807) is 20.0 Å². The summed E-state index contributed by atoms with van der Waals surface area (Å²) in [5, 5.41) is 26.5. The van der Waals surface area contributed by atoms with E-state index in [-0.39, 0.29) is 6.42 Å². The van der Waals surface area contributed by atoms with Crippen LogP contribution in [0.1, 0.15) is 39.2 Å². The molecule has 1 heterocycles. The summed E-state index contributed by atoms with van der Waals surface area (Å²) in [6.07, 6.45) is 1.45. The van der Waals surface area contributed by atoms with E-state index < -0.39 is 66.2 Å². The number of carbonyl (C=O) groups is 5. The average Bonchev–Trinajstić information content (AvgIpc) is 3.23. The monoisotopic (exact) mass is 503 g/mol. The molecule has 3 amide bonds. The van der Waals surface area contributed by atoms with Gasteiger partial charge >= 0.3 is 11.9 Å². The second kappa shape index (κ2) is 12.7. The number of fused-ring (bicyclic) bond motifs is 1. The number of aromatic amines is 1. The van der Waals surface area contributed by atoms with E-state index in [4.69, 9.17) is 10.8 Å². The van der Waals surface area contributed by atoms with Crippen molar-refractivity contribution in [1.29, 1.82) is 0 Å². The molecule has 0 saturated heterocycles. The van der Waals surface area contributed by atoms with Crippen molar-refractivity contribution >= 4 is 40.6 Å². The van der Waals surface area contributed by atoms with Crippen LogP contribution in [-0.4, -0.2) is 69.0 Å². The first kappa shape index (κ1) is 28.3. The molecule has 0 fully saturated rings. The number of aliphatic carboxylic acids is 2. The molecule has 0 aliphatic carbocycles. The lowest BCUT2D eigenvalue weighted by molar-refractivity contribution is -0.147. The Morgan fingerprint density at radius 1 is 0.944 bits per heavy atom. The number of aromatic nitrogens is 1. The fourth-order valence-electron chi connectivity index (χ4n) is 3.62. The van der Waals surface area contributed by atoms with Gasteiger partial charge in [0.25, 0.3) is 0 Å². The molecule has 5 unspecified atom stereocenters. The molecule has 0 aliphatic rings. The minimum Gasteiger partial charge on any atom is -0.481 e. The Morgan fingerprint density at radius 3 is 2.17 bits per heavy atom. The summed E-state index contributed by atoms with van der Waals surface area (Å²) in [6.45, 7) is 4.94. The quantitative estimate of drug-likeness (QED) is 0.199. The van der Waals surface area contributed by atoms with Gasteiger partial charge in [0.2, 0.25) is 17.7 Å². The minimum absolute atomic E-state index is 0.0971. The first-order valence-corrected chi connectivity index (χ1v) is 11.6. The number of hydrogen-bond donors (Lipinski definition) is 7. The lowest BCUT2D eigenvalue weighted by atomic mass is 9.96. The van der Waals surface area contributed by atoms with Crippen LogP contribution in [0.3, 0.4) is 0 Å². The highest BCUT2D eigenvalue weighted by atomic mass is 16.4. The predicted molar refractivity (Wildman–Crippen MR) is 131 cm³/mol. The van der Waals surface area contributed by atoms with Gasteiger partial charge in [-0.25, -0.2) is 4.79 Å². The number of hydrogen-bond acceptors (Lipinski definition) is 6. The Balaban J connectivity index is 2.29. The third kappa shape index (κ3) is 7.54. The third-order valence-corrected chi connectivity index (χ3v) is 5.93. The van der Waals surface area contributed by atoms with Gasteiger partial charge in [-0.1, -0.05) is 38.5 Å². The van der Waals surface area contributed by atoms with E-state index in [0.717, 1.165) is 16.5 Å². The molecule has 1 aromatic heterocycles. The van der Waals surface area contributed by atoms with Crippen molar-refractivity contribution in [3.05, 3.63) is 36.0 Å². The van der Waals surface area contributed by atoms with Gasteiger partial charge in [-0.2, -0.15) is 0 Å². The summed E-state index contributed by atoms with van der Waals surface area (Å²) in [6, 6.07) is 2.62. The van der Waals surface area contributed by atoms with Crippen LogP contribution < -0.4 is 21.7 Å². The fraction of sp³-hybridized carbons (Fsp3) is 0.458. The summed E-state index contributed by atoms with van der Waals surface area (Å²) in [5.74, 6) is -5.40. The van der Waals surface area contributed by atoms with E-state index >= 15 is 0 Å². The average molecular weight is 504 g/mol. The van der Waals surface area contributed by atoms with Crippen molar-refractivity contribution in [1.82, 2.24) is 20.9 Å². The fourth-order valence-corrected chi connectivity index (χ4v) is 3.62. The van der Waals surface area contributed by atoms with Gasteiger partial charge in [0.05, 0.1) is 12.5 Å². The van der Waals surface area contributed by atoms with Crippen molar-refractivity contribution in [2.24, 2.45) is 11.7 Å². The number of nitrogens with two attached hydrogens (primary N) is 1. The molecule has 2 aromatic rings. The van der Waals surface area contributed by atoms with E-state index in [9.17, 15) is 29.1 Å². The van der Waals surface area contributed by atoms with Gasteiger partial charge < -0.3 is 36.9 Å². The highest BCUT2D eigenvalue weighted by molar-refractivity contribution is 5.95. The van der Waals surface area contributed by atoms with Crippen LogP contribution in [0.15, 0.2) is 30.5 Å². The van der Waals surface area contributed by atoms with Gasteiger partial charge in [0, 0.05) is 23.5 Å². The lowest BCUT2D eigenvalue weighted by Crippen LogP contribution is -2.59. The molecule has 1 aromatic carbocycles. The van der Waals surface area contributed by atoms with Crippen molar-refractivity contribution < 1.29 is 34.2 Å². The van der Waals surface area contributed by atoms with Crippen LogP contribution >= 0.6 is 0 Å². The molecule has 196 valence electrons. The first-order valence-electron chi connectivity index (χ1n) is 11.6. The minimum atomic E-state index is -1.67. The van der Waals surface area contributed by atoms with Gasteiger partial charge in [-0.15, -0.1) is 0 Å². The van der Waals surface area contributed by atoms with Gasteiger partial charge in [-0.3, -0.25) is 19.2 Å². The largest absolute Gasteiger partial charge is 0.481 e.